The highest BCUT2D eigenvalue weighted by Gasteiger charge is 2.05. The van der Waals surface area contributed by atoms with Gasteiger partial charge in [-0.05, 0) is 48.7 Å². The Morgan fingerprint density at radius 1 is 1.04 bits per heavy atom. The summed E-state index contributed by atoms with van der Waals surface area (Å²) in [6.45, 7) is 2.94. The fourth-order valence-corrected chi connectivity index (χ4v) is 2.72. The topological polar surface area (TPSA) is 88.9 Å². The Labute approximate surface area is 163 Å². The van der Waals surface area contributed by atoms with E-state index in [0.717, 1.165) is 17.7 Å². The molecule has 144 valence electrons. The molecule has 2 amide bonds. The van der Waals surface area contributed by atoms with Gasteiger partial charge >= 0.3 is 6.03 Å². The molecule has 28 heavy (non-hydrogen) atoms. The molecular weight excluding hydrogens is 354 g/mol. The van der Waals surface area contributed by atoms with Crippen molar-refractivity contribution < 1.29 is 4.79 Å². The lowest BCUT2D eigenvalue weighted by Gasteiger charge is -2.09. The standard InChI is InChI=1S/C21H23N5O2/c1-2-16-4-6-18(7-5-16)24-21(28)23-12-3-15-26-20(27)9-8-19(25-26)17-10-13-22-14-11-17/h4-11,13-14H,2-3,12,15H2,1H3,(H2,23,24,28). The van der Waals surface area contributed by atoms with E-state index in [4.69, 9.17) is 0 Å². The molecule has 3 rings (SSSR count). The minimum Gasteiger partial charge on any atom is -0.338 e. The highest BCUT2D eigenvalue weighted by atomic mass is 16.2. The molecule has 1 aromatic carbocycles. The third-order valence-corrected chi connectivity index (χ3v) is 4.30. The van der Waals surface area contributed by atoms with E-state index < -0.39 is 0 Å². The van der Waals surface area contributed by atoms with E-state index in [1.807, 2.05) is 36.4 Å². The Bertz CT molecular complexity index is 968. The number of aromatic nitrogens is 3. The van der Waals surface area contributed by atoms with E-state index in [9.17, 15) is 9.59 Å². The number of nitrogens with zero attached hydrogens (tertiary/aromatic N) is 3. The van der Waals surface area contributed by atoms with Gasteiger partial charge in [-0.15, -0.1) is 0 Å². The van der Waals surface area contributed by atoms with Crippen molar-refractivity contribution in [2.45, 2.75) is 26.3 Å². The number of amides is 2. The van der Waals surface area contributed by atoms with Gasteiger partial charge in [0.15, 0.2) is 0 Å². The van der Waals surface area contributed by atoms with Crippen LogP contribution < -0.4 is 16.2 Å². The van der Waals surface area contributed by atoms with Gasteiger partial charge in [0.05, 0.1) is 5.69 Å². The second-order valence-electron chi connectivity index (χ2n) is 6.30. The van der Waals surface area contributed by atoms with Crippen LogP contribution >= 0.6 is 0 Å². The zero-order chi connectivity index (χ0) is 19.8. The Morgan fingerprint density at radius 2 is 1.79 bits per heavy atom. The minimum absolute atomic E-state index is 0.168. The van der Waals surface area contributed by atoms with Crippen LogP contribution in [-0.2, 0) is 13.0 Å². The second kappa shape index (κ2) is 9.45. The SMILES string of the molecule is CCc1ccc(NC(=O)NCCCn2nc(-c3ccncc3)ccc2=O)cc1. The third-order valence-electron chi connectivity index (χ3n) is 4.30. The molecule has 2 N–H and O–H groups in total. The lowest BCUT2D eigenvalue weighted by atomic mass is 10.1. The highest BCUT2D eigenvalue weighted by molar-refractivity contribution is 5.89. The van der Waals surface area contributed by atoms with Gasteiger partial charge in [-0.2, -0.15) is 5.10 Å². The predicted octanol–water partition coefficient (Wildman–Crippen LogP) is 3.08. The third kappa shape index (κ3) is 5.26. The van der Waals surface area contributed by atoms with Crippen LogP contribution in [0.3, 0.4) is 0 Å². The molecule has 7 nitrogen and oxygen atoms in total. The molecule has 0 aliphatic carbocycles. The van der Waals surface area contributed by atoms with Gasteiger partial charge in [0.25, 0.3) is 5.56 Å². The minimum atomic E-state index is -0.268. The van der Waals surface area contributed by atoms with Crippen LogP contribution in [0.5, 0.6) is 0 Å². The molecule has 7 heteroatoms. The molecule has 0 spiro atoms. The summed E-state index contributed by atoms with van der Waals surface area (Å²) >= 11 is 0. The van der Waals surface area contributed by atoms with Gasteiger partial charge in [0.1, 0.15) is 0 Å². The van der Waals surface area contributed by atoms with Gasteiger partial charge in [-0.3, -0.25) is 9.78 Å². The van der Waals surface area contributed by atoms with E-state index in [1.54, 1.807) is 18.5 Å². The smallest absolute Gasteiger partial charge is 0.319 e. The van der Waals surface area contributed by atoms with Crippen LogP contribution in [0.2, 0.25) is 0 Å². The number of hydrogen-bond donors (Lipinski definition) is 2. The molecule has 0 radical (unpaired) electrons. The summed E-state index contributed by atoms with van der Waals surface area (Å²) in [7, 11) is 0. The first-order valence-electron chi connectivity index (χ1n) is 9.28. The van der Waals surface area contributed by atoms with E-state index in [-0.39, 0.29) is 11.6 Å². The molecular formula is C21H23N5O2. The Balaban J connectivity index is 1.49. The number of rotatable bonds is 7. The number of anilines is 1. The van der Waals surface area contributed by atoms with Gasteiger partial charge < -0.3 is 10.6 Å². The fourth-order valence-electron chi connectivity index (χ4n) is 2.72. The average Bonchev–Trinajstić information content (AvgIpc) is 2.73. The van der Waals surface area contributed by atoms with Crippen LogP contribution in [0.15, 0.2) is 65.7 Å². The summed E-state index contributed by atoms with van der Waals surface area (Å²) in [5.41, 5.74) is 3.41. The number of urea groups is 1. The van der Waals surface area contributed by atoms with Gasteiger partial charge in [-0.1, -0.05) is 19.1 Å². The molecule has 2 heterocycles. The monoisotopic (exact) mass is 377 g/mol. The van der Waals surface area contributed by atoms with Crippen LogP contribution in [0.25, 0.3) is 11.3 Å². The highest BCUT2D eigenvalue weighted by Crippen LogP contribution is 2.13. The largest absolute Gasteiger partial charge is 0.338 e. The number of aryl methyl sites for hydroxylation is 2. The van der Waals surface area contributed by atoms with Crippen molar-refractivity contribution in [3.8, 4) is 11.3 Å². The van der Waals surface area contributed by atoms with Crippen LogP contribution in [0, 0.1) is 0 Å². The molecule has 0 atom stereocenters. The number of hydrogen-bond acceptors (Lipinski definition) is 4. The van der Waals surface area contributed by atoms with Crippen molar-refractivity contribution in [3.05, 3.63) is 76.8 Å². The number of carbonyl (C=O) groups is 1. The maximum Gasteiger partial charge on any atom is 0.319 e. The molecule has 0 aliphatic rings. The maximum atomic E-state index is 12.0. The van der Waals surface area contributed by atoms with Gasteiger partial charge in [-0.25, -0.2) is 9.48 Å². The quantitative estimate of drug-likeness (QED) is 0.619. The van der Waals surface area contributed by atoms with Crippen molar-refractivity contribution in [3.63, 3.8) is 0 Å². The van der Waals surface area contributed by atoms with Crippen LogP contribution in [-0.4, -0.2) is 27.3 Å². The van der Waals surface area contributed by atoms with Crippen molar-refractivity contribution >= 4 is 11.7 Å². The average molecular weight is 377 g/mol. The van der Waals surface area contributed by atoms with Crippen LogP contribution in [0.4, 0.5) is 10.5 Å². The number of nitrogens with one attached hydrogen (secondary N) is 2. The first-order chi connectivity index (χ1) is 13.7. The van der Waals surface area contributed by atoms with E-state index >= 15 is 0 Å². The first-order valence-corrected chi connectivity index (χ1v) is 9.28. The first kappa shape index (κ1) is 19.3. The number of benzene rings is 1. The number of pyridine rings is 1. The van der Waals surface area contributed by atoms with Crippen molar-refractivity contribution in [1.29, 1.82) is 0 Å². The van der Waals surface area contributed by atoms with Gasteiger partial charge in [0.2, 0.25) is 0 Å². The van der Waals surface area contributed by atoms with Crippen LogP contribution in [0.1, 0.15) is 18.9 Å². The molecule has 0 saturated heterocycles. The lowest BCUT2D eigenvalue weighted by Crippen LogP contribution is -2.31. The van der Waals surface area contributed by atoms with E-state index in [1.165, 1.54) is 16.3 Å². The Morgan fingerprint density at radius 3 is 2.50 bits per heavy atom. The zero-order valence-corrected chi connectivity index (χ0v) is 15.8. The number of carbonyl (C=O) groups excluding carboxylic acids is 1. The maximum absolute atomic E-state index is 12.0. The zero-order valence-electron chi connectivity index (χ0n) is 15.8. The summed E-state index contributed by atoms with van der Waals surface area (Å²) < 4.78 is 1.42. The van der Waals surface area contributed by atoms with Crippen molar-refractivity contribution in [1.82, 2.24) is 20.1 Å². The fraction of sp³-hybridized carbons (Fsp3) is 0.238. The van der Waals surface area contributed by atoms with E-state index in [0.29, 0.717) is 25.2 Å². The summed E-state index contributed by atoms with van der Waals surface area (Å²) in [5, 5.41) is 9.98. The lowest BCUT2D eigenvalue weighted by molar-refractivity contribution is 0.251. The van der Waals surface area contributed by atoms with Crippen molar-refractivity contribution in [2.75, 3.05) is 11.9 Å². The molecule has 3 aromatic rings. The molecule has 0 saturated carbocycles. The van der Waals surface area contributed by atoms with Crippen molar-refractivity contribution in [2.24, 2.45) is 0 Å². The molecule has 0 aliphatic heterocycles. The Hall–Kier alpha value is -3.48. The second-order valence-corrected chi connectivity index (χ2v) is 6.30. The summed E-state index contributed by atoms with van der Waals surface area (Å²) in [4.78, 5) is 28.0. The molecule has 0 fully saturated rings. The molecule has 2 aromatic heterocycles. The molecule has 0 unspecified atom stereocenters. The predicted molar refractivity (Wildman–Crippen MR) is 109 cm³/mol. The van der Waals surface area contributed by atoms with Gasteiger partial charge in [0, 0.05) is 42.8 Å². The Kier molecular flexibility index (Phi) is 6.51. The summed E-state index contributed by atoms with van der Waals surface area (Å²) in [6.07, 6.45) is 4.92. The van der Waals surface area contributed by atoms with E-state index in [2.05, 4.69) is 27.6 Å². The summed E-state index contributed by atoms with van der Waals surface area (Å²) in [6, 6.07) is 14.4. The summed E-state index contributed by atoms with van der Waals surface area (Å²) in [5.74, 6) is 0. The normalized spacial score (nSPS) is 10.5. The molecule has 0 bridgehead atoms.